The van der Waals surface area contributed by atoms with Crippen LogP contribution in [0.3, 0.4) is 0 Å². The lowest BCUT2D eigenvalue weighted by Crippen LogP contribution is -2.48. The van der Waals surface area contributed by atoms with Gasteiger partial charge in [-0.25, -0.2) is 8.42 Å². The van der Waals surface area contributed by atoms with E-state index >= 15 is 0 Å². The van der Waals surface area contributed by atoms with E-state index in [-0.39, 0.29) is 40.8 Å². The van der Waals surface area contributed by atoms with E-state index in [2.05, 4.69) is 5.32 Å². The number of nitrogens with one attached hydrogen (secondary N) is 1. The molecule has 1 N–H and O–H groups in total. The summed E-state index contributed by atoms with van der Waals surface area (Å²) in [5.74, 6) is -0.393. The maximum absolute atomic E-state index is 13.2. The molecule has 2 unspecified atom stereocenters. The summed E-state index contributed by atoms with van der Waals surface area (Å²) in [6.07, 6.45) is -0.439. The van der Waals surface area contributed by atoms with Gasteiger partial charge in [-0.1, -0.05) is 23.7 Å². The molecule has 6 nitrogen and oxygen atoms in total. The van der Waals surface area contributed by atoms with Crippen LogP contribution in [-0.4, -0.2) is 43.9 Å². The zero-order valence-electron chi connectivity index (χ0n) is 16.9. The Morgan fingerprint density at radius 2 is 1.76 bits per heavy atom. The van der Waals surface area contributed by atoms with E-state index in [0.717, 1.165) is 11.1 Å². The van der Waals surface area contributed by atoms with Gasteiger partial charge in [0.15, 0.2) is 0 Å². The maximum Gasteiger partial charge on any atom is 0.255 e. The fraction of sp³-hybridized carbons (Fsp3) is 0.381. The standard InChI is InChI=1S/C21H25ClN2O4S/c1-13-5-6-14(2)19(9-13)23-21(25)17-7-8-18(22)20(10-17)29(26,27)24-11-15(3)28-16(4)12-24/h5-10,15-16H,11-12H2,1-4H3,(H,23,25). The third-order valence-corrected chi connectivity index (χ3v) is 7.15. The zero-order chi connectivity index (χ0) is 21.3. The number of rotatable bonds is 4. The van der Waals surface area contributed by atoms with Crippen LogP contribution in [0.1, 0.15) is 35.3 Å². The number of aryl methyl sites for hydroxylation is 2. The SMILES string of the molecule is Cc1ccc(C)c(NC(=O)c2ccc(Cl)c(S(=O)(=O)N3CC(C)OC(C)C3)c2)c1. The lowest BCUT2D eigenvalue weighted by molar-refractivity contribution is -0.0440. The molecule has 2 atom stereocenters. The van der Waals surface area contributed by atoms with Crippen LogP contribution in [-0.2, 0) is 14.8 Å². The van der Waals surface area contributed by atoms with Crippen LogP contribution in [0, 0.1) is 13.8 Å². The molecular formula is C21H25ClN2O4S. The minimum Gasteiger partial charge on any atom is -0.373 e. The van der Waals surface area contributed by atoms with Crippen molar-refractivity contribution < 1.29 is 17.9 Å². The first-order valence-corrected chi connectivity index (χ1v) is 11.2. The lowest BCUT2D eigenvalue weighted by atomic mass is 10.1. The van der Waals surface area contributed by atoms with Gasteiger partial charge in [-0.3, -0.25) is 4.79 Å². The van der Waals surface area contributed by atoms with Gasteiger partial charge in [0.05, 0.1) is 17.2 Å². The van der Waals surface area contributed by atoms with Crippen LogP contribution in [0.5, 0.6) is 0 Å². The van der Waals surface area contributed by atoms with Crippen molar-refractivity contribution in [2.24, 2.45) is 0 Å². The third kappa shape index (κ3) is 4.80. The molecule has 0 radical (unpaired) electrons. The Morgan fingerprint density at radius 1 is 1.10 bits per heavy atom. The summed E-state index contributed by atoms with van der Waals surface area (Å²) in [7, 11) is -3.86. The van der Waals surface area contributed by atoms with E-state index in [1.165, 1.54) is 22.5 Å². The van der Waals surface area contributed by atoms with Crippen LogP contribution in [0.25, 0.3) is 0 Å². The minimum absolute atomic E-state index is 0.0749. The highest BCUT2D eigenvalue weighted by Crippen LogP contribution is 2.28. The number of sulfonamides is 1. The third-order valence-electron chi connectivity index (χ3n) is 4.84. The van der Waals surface area contributed by atoms with Crippen molar-refractivity contribution in [3.63, 3.8) is 0 Å². The number of carbonyl (C=O) groups excluding carboxylic acids is 1. The van der Waals surface area contributed by atoms with Crippen LogP contribution >= 0.6 is 11.6 Å². The van der Waals surface area contributed by atoms with Gasteiger partial charge in [0.25, 0.3) is 5.91 Å². The Kier molecular flexibility index (Phi) is 6.33. The summed E-state index contributed by atoms with van der Waals surface area (Å²) in [6, 6.07) is 10.1. The molecule has 0 saturated carbocycles. The molecule has 8 heteroatoms. The molecule has 1 aliphatic rings. The monoisotopic (exact) mass is 436 g/mol. The van der Waals surface area contributed by atoms with Crippen LogP contribution < -0.4 is 5.32 Å². The summed E-state index contributed by atoms with van der Waals surface area (Å²) in [4.78, 5) is 12.7. The number of benzene rings is 2. The molecule has 1 heterocycles. The smallest absolute Gasteiger partial charge is 0.255 e. The van der Waals surface area contributed by atoms with E-state index in [9.17, 15) is 13.2 Å². The van der Waals surface area contributed by atoms with E-state index in [1.807, 2.05) is 45.9 Å². The number of hydrogen-bond acceptors (Lipinski definition) is 4. The van der Waals surface area contributed by atoms with Gasteiger partial charge in [-0.2, -0.15) is 4.31 Å². The number of amides is 1. The quantitative estimate of drug-likeness (QED) is 0.785. The molecule has 1 aliphatic heterocycles. The second kappa shape index (κ2) is 8.44. The number of hydrogen-bond donors (Lipinski definition) is 1. The second-order valence-corrected chi connectivity index (χ2v) is 9.81. The van der Waals surface area contributed by atoms with E-state index in [4.69, 9.17) is 16.3 Å². The van der Waals surface area contributed by atoms with Crippen LogP contribution in [0.15, 0.2) is 41.3 Å². The number of nitrogens with zero attached hydrogens (tertiary/aromatic N) is 1. The highest BCUT2D eigenvalue weighted by molar-refractivity contribution is 7.89. The molecule has 1 saturated heterocycles. The fourth-order valence-electron chi connectivity index (χ4n) is 3.37. The molecular weight excluding hydrogens is 412 g/mol. The molecule has 2 aromatic rings. The van der Waals surface area contributed by atoms with Crippen LogP contribution in [0.4, 0.5) is 5.69 Å². The summed E-state index contributed by atoms with van der Waals surface area (Å²) >= 11 is 6.21. The molecule has 0 aliphatic carbocycles. The Hall–Kier alpha value is -1.93. The normalized spacial score (nSPS) is 20.4. The Morgan fingerprint density at radius 3 is 2.41 bits per heavy atom. The van der Waals surface area contributed by atoms with E-state index in [1.54, 1.807) is 0 Å². The largest absolute Gasteiger partial charge is 0.373 e. The number of anilines is 1. The van der Waals surface area contributed by atoms with Crippen molar-refractivity contribution in [2.45, 2.75) is 44.8 Å². The van der Waals surface area contributed by atoms with Gasteiger partial charge in [-0.15, -0.1) is 0 Å². The average Bonchev–Trinajstić information content (AvgIpc) is 2.64. The predicted octanol–water partition coefficient (Wildman–Crippen LogP) is 4.01. The molecule has 1 fully saturated rings. The number of ether oxygens (including phenoxy) is 1. The summed E-state index contributed by atoms with van der Waals surface area (Å²) in [5.41, 5.74) is 2.84. The molecule has 2 aromatic carbocycles. The Bertz CT molecular complexity index is 1030. The Balaban J connectivity index is 1.91. The molecule has 29 heavy (non-hydrogen) atoms. The first kappa shape index (κ1) is 21.8. The highest BCUT2D eigenvalue weighted by Gasteiger charge is 2.33. The molecule has 156 valence electrons. The molecule has 0 spiro atoms. The van der Waals surface area contributed by atoms with E-state index < -0.39 is 15.9 Å². The summed E-state index contributed by atoms with van der Waals surface area (Å²) < 4.78 is 33.4. The van der Waals surface area contributed by atoms with Crippen molar-refractivity contribution >= 4 is 33.2 Å². The summed E-state index contributed by atoms with van der Waals surface area (Å²) in [5, 5.41) is 2.93. The minimum atomic E-state index is -3.86. The average molecular weight is 437 g/mol. The number of carbonyl (C=O) groups is 1. The molecule has 1 amide bonds. The zero-order valence-corrected chi connectivity index (χ0v) is 18.5. The number of halogens is 1. The molecule has 0 bridgehead atoms. The fourth-order valence-corrected chi connectivity index (χ4v) is 5.46. The maximum atomic E-state index is 13.2. The van der Waals surface area contributed by atoms with Gasteiger partial charge in [0.2, 0.25) is 10.0 Å². The number of morpholine rings is 1. The highest BCUT2D eigenvalue weighted by atomic mass is 35.5. The van der Waals surface area contributed by atoms with Crippen molar-refractivity contribution in [3.8, 4) is 0 Å². The van der Waals surface area contributed by atoms with Gasteiger partial charge in [0, 0.05) is 24.3 Å². The van der Waals surface area contributed by atoms with E-state index in [0.29, 0.717) is 5.69 Å². The van der Waals surface area contributed by atoms with Crippen molar-refractivity contribution in [2.75, 3.05) is 18.4 Å². The topological polar surface area (TPSA) is 75.7 Å². The first-order chi connectivity index (χ1) is 13.6. The first-order valence-electron chi connectivity index (χ1n) is 9.41. The van der Waals surface area contributed by atoms with Crippen LogP contribution in [0.2, 0.25) is 5.02 Å². The van der Waals surface area contributed by atoms with Gasteiger partial charge in [-0.05, 0) is 63.1 Å². The van der Waals surface area contributed by atoms with Gasteiger partial charge < -0.3 is 10.1 Å². The predicted molar refractivity (Wildman–Crippen MR) is 114 cm³/mol. The lowest BCUT2D eigenvalue weighted by Gasteiger charge is -2.34. The molecule has 0 aromatic heterocycles. The van der Waals surface area contributed by atoms with Gasteiger partial charge >= 0.3 is 0 Å². The summed E-state index contributed by atoms with van der Waals surface area (Å²) in [6.45, 7) is 7.96. The second-order valence-electron chi connectivity index (χ2n) is 7.50. The van der Waals surface area contributed by atoms with Crippen molar-refractivity contribution in [1.29, 1.82) is 0 Å². The van der Waals surface area contributed by atoms with Crippen molar-refractivity contribution in [3.05, 3.63) is 58.1 Å². The van der Waals surface area contributed by atoms with Crippen molar-refractivity contribution in [1.82, 2.24) is 4.31 Å². The van der Waals surface area contributed by atoms with Gasteiger partial charge in [0.1, 0.15) is 4.90 Å². The Labute approximate surface area is 176 Å². The molecule has 3 rings (SSSR count).